The van der Waals surface area contributed by atoms with Crippen molar-refractivity contribution >= 4 is 17.5 Å². The van der Waals surface area contributed by atoms with Crippen molar-refractivity contribution in [3.63, 3.8) is 0 Å². The lowest BCUT2D eigenvalue weighted by Gasteiger charge is -2.38. The summed E-state index contributed by atoms with van der Waals surface area (Å²) in [5, 5.41) is 5.01. The Labute approximate surface area is 264 Å². The molecule has 9 nitrogen and oxygen atoms in total. The van der Waals surface area contributed by atoms with Crippen LogP contribution in [0.3, 0.4) is 0 Å². The van der Waals surface area contributed by atoms with E-state index in [2.05, 4.69) is 10.7 Å². The number of aromatic nitrogens is 1. The highest BCUT2D eigenvalue weighted by Gasteiger charge is 2.36. The summed E-state index contributed by atoms with van der Waals surface area (Å²) in [6.07, 6.45) is 7.42. The third-order valence-electron chi connectivity index (χ3n) is 8.29. The van der Waals surface area contributed by atoms with Crippen LogP contribution in [0.2, 0.25) is 5.02 Å². The zero-order valence-corrected chi connectivity index (χ0v) is 26.2. The molecule has 45 heavy (non-hydrogen) atoms. The van der Waals surface area contributed by atoms with Gasteiger partial charge in [-0.3, -0.25) is 14.2 Å². The Balaban J connectivity index is 1.47. The van der Waals surface area contributed by atoms with Gasteiger partial charge in [0.2, 0.25) is 5.91 Å². The molecule has 1 fully saturated rings. The molecule has 2 aliphatic carbocycles. The van der Waals surface area contributed by atoms with E-state index in [1.54, 1.807) is 6.08 Å². The SMILES string of the molecule is COc1cn(C(CCOC2(C)CCC2)C(=O)NC2=CC3=CN(C)NC3(C)C=C2)c(=O)cc1-c1cc(Cl)ccc1OCC(F)(F)F. The molecule has 1 amide bonds. The number of nitrogens with zero attached hydrogens (tertiary/aromatic N) is 2. The van der Waals surface area contributed by atoms with E-state index in [1.165, 1.54) is 42.1 Å². The van der Waals surface area contributed by atoms with Crippen molar-refractivity contribution in [3.05, 3.63) is 81.5 Å². The number of hydrazine groups is 1. The van der Waals surface area contributed by atoms with E-state index in [0.29, 0.717) is 5.70 Å². The van der Waals surface area contributed by atoms with Crippen LogP contribution in [-0.2, 0) is 9.53 Å². The van der Waals surface area contributed by atoms with Gasteiger partial charge in [-0.05, 0) is 69.0 Å². The van der Waals surface area contributed by atoms with Crippen molar-refractivity contribution < 1.29 is 32.2 Å². The summed E-state index contributed by atoms with van der Waals surface area (Å²) in [5.41, 5.74) is 3.88. The van der Waals surface area contributed by atoms with Crippen LogP contribution in [0.4, 0.5) is 13.2 Å². The molecular weight excluding hydrogens is 613 g/mol. The first-order valence-corrected chi connectivity index (χ1v) is 14.9. The number of methoxy groups -OCH3 is 1. The van der Waals surface area contributed by atoms with E-state index >= 15 is 0 Å². The number of pyridine rings is 1. The van der Waals surface area contributed by atoms with E-state index < -0.39 is 35.8 Å². The fourth-order valence-electron chi connectivity index (χ4n) is 5.68. The normalized spacial score (nSPS) is 20.9. The van der Waals surface area contributed by atoms with Gasteiger partial charge in [-0.1, -0.05) is 17.7 Å². The van der Waals surface area contributed by atoms with Crippen LogP contribution in [-0.4, -0.2) is 60.2 Å². The summed E-state index contributed by atoms with van der Waals surface area (Å²) < 4.78 is 56.9. The molecule has 2 unspecified atom stereocenters. The first-order chi connectivity index (χ1) is 21.2. The predicted molar refractivity (Wildman–Crippen MR) is 164 cm³/mol. The second-order valence-corrected chi connectivity index (χ2v) is 12.4. The third kappa shape index (κ3) is 7.40. The number of hydrogen-bond acceptors (Lipinski definition) is 7. The van der Waals surface area contributed by atoms with Gasteiger partial charge in [-0.15, -0.1) is 0 Å². The number of fused-ring (bicyclic) bond motifs is 1. The molecule has 0 spiro atoms. The Morgan fingerprint density at radius 3 is 2.58 bits per heavy atom. The van der Waals surface area contributed by atoms with Crippen LogP contribution in [0.5, 0.6) is 11.5 Å². The second kappa shape index (κ2) is 12.6. The number of benzene rings is 1. The van der Waals surface area contributed by atoms with Crippen LogP contribution in [0, 0.1) is 0 Å². The van der Waals surface area contributed by atoms with Gasteiger partial charge in [0, 0.05) is 54.2 Å². The molecule has 13 heteroatoms. The van der Waals surface area contributed by atoms with Crippen molar-refractivity contribution in [2.24, 2.45) is 0 Å². The van der Waals surface area contributed by atoms with E-state index in [4.69, 9.17) is 25.8 Å². The quantitative estimate of drug-likeness (QED) is 0.324. The lowest BCUT2D eigenvalue weighted by atomic mass is 9.82. The van der Waals surface area contributed by atoms with Crippen LogP contribution in [0.1, 0.15) is 45.6 Å². The Morgan fingerprint density at radius 2 is 1.91 bits per heavy atom. The van der Waals surface area contributed by atoms with Crippen molar-refractivity contribution in [3.8, 4) is 22.6 Å². The molecule has 242 valence electrons. The monoisotopic (exact) mass is 648 g/mol. The maximum Gasteiger partial charge on any atom is 0.422 e. The van der Waals surface area contributed by atoms with Crippen molar-refractivity contribution in [1.82, 2.24) is 20.3 Å². The number of nitrogens with one attached hydrogen (secondary N) is 2. The molecule has 2 aromatic rings. The summed E-state index contributed by atoms with van der Waals surface area (Å²) in [7, 11) is 3.24. The number of rotatable bonds is 11. The zero-order valence-electron chi connectivity index (χ0n) is 25.5. The molecule has 2 N–H and O–H groups in total. The van der Waals surface area contributed by atoms with Crippen LogP contribution < -0.4 is 25.8 Å². The highest BCUT2D eigenvalue weighted by atomic mass is 35.5. The summed E-state index contributed by atoms with van der Waals surface area (Å²) >= 11 is 6.18. The van der Waals surface area contributed by atoms with Crippen molar-refractivity contribution in [1.29, 1.82) is 0 Å². The first kappa shape index (κ1) is 32.6. The molecule has 0 saturated heterocycles. The molecule has 2 atom stereocenters. The van der Waals surface area contributed by atoms with Gasteiger partial charge in [0.15, 0.2) is 6.61 Å². The molecule has 2 heterocycles. The van der Waals surface area contributed by atoms with Gasteiger partial charge in [0.05, 0.1) is 24.4 Å². The van der Waals surface area contributed by atoms with Gasteiger partial charge in [0.25, 0.3) is 5.56 Å². The minimum absolute atomic E-state index is 0.131. The number of allylic oxidation sites excluding steroid dienone is 1. The number of ether oxygens (including phenoxy) is 3. The second-order valence-electron chi connectivity index (χ2n) is 11.9. The molecule has 1 saturated carbocycles. The minimum atomic E-state index is -4.58. The maximum absolute atomic E-state index is 13.8. The lowest BCUT2D eigenvalue weighted by Crippen LogP contribution is -2.44. The van der Waals surface area contributed by atoms with Crippen LogP contribution in [0.25, 0.3) is 11.1 Å². The number of hydrogen-bond donors (Lipinski definition) is 2. The number of amides is 1. The number of carbonyl (C=O) groups is 1. The Kier molecular flexibility index (Phi) is 9.12. The topological polar surface area (TPSA) is 94.1 Å². The third-order valence-corrected chi connectivity index (χ3v) is 8.53. The Bertz CT molecular complexity index is 1610. The van der Waals surface area contributed by atoms with Crippen molar-refractivity contribution in [2.75, 3.05) is 27.4 Å². The predicted octanol–water partition coefficient (Wildman–Crippen LogP) is 5.67. The smallest absolute Gasteiger partial charge is 0.422 e. The standard InChI is InChI=1S/C32H36ClF3N4O5/c1-30(10-5-11-30)45-13-9-25(29(42)37-22-8-12-31(2)20(14-22)17-39(3)38-31)40-18-27(43-4)24(16-28(40)41)23-15-21(33)6-7-26(23)44-19-32(34,35)36/h6-8,12,14-18,25,38H,5,9-11,13,19H2,1-4H3,(H,37,42). The zero-order chi connectivity index (χ0) is 32.6. The maximum atomic E-state index is 13.8. The van der Waals surface area contributed by atoms with Gasteiger partial charge in [0.1, 0.15) is 17.5 Å². The van der Waals surface area contributed by atoms with Gasteiger partial charge in [-0.25, -0.2) is 5.43 Å². The Hall–Kier alpha value is -3.74. The van der Waals surface area contributed by atoms with Gasteiger partial charge in [-0.2, -0.15) is 13.2 Å². The molecule has 0 bridgehead atoms. The summed E-state index contributed by atoms with van der Waals surface area (Å²) in [4.78, 5) is 27.5. The van der Waals surface area contributed by atoms with Crippen molar-refractivity contribution in [2.45, 2.75) is 62.9 Å². The number of alkyl halides is 3. The van der Waals surface area contributed by atoms with E-state index in [0.717, 1.165) is 24.8 Å². The fraction of sp³-hybridized carbons (Fsp3) is 0.438. The number of halogens is 4. The summed E-state index contributed by atoms with van der Waals surface area (Å²) in [5.74, 6) is -0.435. The average Bonchev–Trinajstić information content (AvgIpc) is 3.26. The largest absolute Gasteiger partial charge is 0.495 e. The average molecular weight is 649 g/mol. The van der Waals surface area contributed by atoms with E-state index in [1.807, 2.05) is 44.3 Å². The molecule has 3 aliphatic rings. The van der Waals surface area contributed by atoms with E-state index in [-0.39, 0.29) is 46.3 Å². The summed E-state index contributed by atoms with van der Waals surface area (Å²) in [6, 6.07) is 4.29. The fourth-order valence-corrected chi connectivity index (χ4v) is 5.85. The minimum Gasteiger partial charge on any atom is -0.495 e. The molecule has 1 aromatic heterocycles. The molecular formula is C32H36ClF3N4O5. The molecule has 0 radical (unpaired) electrons. The van der Waals surface area contributed by atoms with Crippen LogP contribution in [0.15, 0.2) is 71.0 Å². The summed E-state index contributed by atoms with van der Waals surface area (Å²) in [6.45, 7) is 2.73. The first-order valence-electron chi connectivity index (χ1n) is 14.6. The Morgan fingerprint density at radius 1 is 1.18 bits per heavy atom. The van der Waals surface area contributed by atoms with Gasteiger partial charge < -0.3 is 24.5 Å². The molecule has 5 rings (SSSR count). The van der Waals surface area contributed by atoms with Crippen LogP contribution >= 0.6 is 11.6 Å². The molecule has 1 aromatic carbocycles. The number of carbonyl (C=O) groups excluding carboxylic acids is 1. The van der Waals surface area contributed by atoms with E-state index in [9.17, 15) is 22.8 Å². The highest BCUT2D eigenvalue weighted by Crippen LogP contribution is 2.39. The van der Waals surface area contributed by atoms with Gasteiger partial charge >= 0.3 is 6.18 Å². The highest BCUT2D eigenvalue weighted by molar-refractivity contribution is 6.31. The lowest BCUT2D eigenvalue weighted by molar-refractivity contribution is -0.153. The molecule has 1 aliphatic heterocycles.